The molecule has 1 aromatic rings. The quantitative estimate of drug-likeness (QED) is 0.741. The molecule has 0 aliphatic heterocycles. The second-order valence-corrected chi connectivity index (χ2v) is 5.73. The summed E-state index contributed by atoms with van der Waals surface area (Å²) in [5, 5.41) is 3.45. The Morgan fingerprint density at radius 2 is 1.90 bits per heavy atom. The van der Waals surface area contributed by atoms with Crippen LogP contribution in [0.5, 0.6) is 11.5 Å². The molecule has 0 amide bonds. The van der Waals surface area contributed by atoms with Crippen molar-refractivity contribution in [2.45, 2.75) is 53.2 Å². The second-order valence-electron chi connectivity index (χ2n) is 5.73. The molecule has 1 rings (SSSR count). The van der Waals surface area contributed by atoms with Crippen LogP contribution in [0.4, 0.5) is 0 Å². The summed E-state index contributed by atoms with van der Waals surface area (Å²) in [6, 6.07) is 6.15. The standard InChI is InChI=1S/C17H29NO2/c1-6-7-14(4)20-17-10-15(8-9-16(17)19-5)12-18-11-13(2)3/h8-10,13-14,18H,6-7,11-12H2,1-5H3. The van der Waals surface area contributed by atoms with Crippen molar-refractivity contribution in [2.75, 3.05) is 13.7 Å². The van der Waals surface area contributed by atoms with Gasteiger partial charge in [-0.25, -0.2) is 0 Å². The minimum Gasteiger partial charge on any atom is -0.493 e. The fourth-order valence-corrected chi connectivity index (χ4v) is 2.11. The summed E-state index contributed by atoms with van der Waals surface area (Å²) in [5.74, 6) is 2.31. The molecule has 1 atom stereocenters. The summed E-state index contributed by atoms with van der Waals surface area (Å²) < 4.78 is 11.4. The first kappa shape index (κ1) is 16.8. The van der Waals surface area contributed by atoms with Gasteiger partial charge in [0.1, 0.15) is 0 Å². The zero-order chi connectivity index (χ0) is 15.0. The van der Waals surface area contributed by atoms with Gasteiger partial charge in [0.15, 0.2) is 11.5 Å². The van der Waals surface area contributed by atoms with E-state index in [1.165, 1.54) is 5.56 Å². The maximum absolute atomic E-state index is 5.99. The Hall–Kier alpha value is -1.22. The topological polar surface area (TPSA) is 30.5 Å². The van der Waals surface area contributed by atoms with Gasteiger partial charge in [-0.2, -0.15) is 0 Å². The van der Waals surface area contributed by atoms with Crippen molar-refractivity contribution in [3.63, 3.8) is 0 Å². The molecule has 0 spiro atoms. The summed E-state index contributed by atoms with van der Waals surface area (Å²) in [5.41, 5.74) is 1.23. The van der Waals surface area contributed by atoms with E-state index in [1.54, 1.807) is 7.11 Å². The van der Waals surface area contributed by atoms with E-state index in [9.17, 15) is 0 Å². The minimum absolute atomic E-state index is 0.216. The van der Waals surface area contributed by atoms with Crippen molar-refractivity contribution in [3.8, 4) is 11.5 Å². The van der Waals surface area contributed by atoms with Gasteiger partial charge >= 0.3 is 0 Å². The van der Waals surface area contributed by atoms with Gasteiger partial charge in [0, 0.05) is 6.54 Å². The van der Waals surface area contributed by atoms with Crippen LogP contribution in [0.2, 0.25) is 0 Å². The second kappa shape index (κ2) is 8.85. The molecule has 1 aromatic carbocycles. The summed E-state index contributed by atoms with van der Waals surface area (Å²) >= 11 is 0. The van der Waals surface area contributed by atoms with Gasteiger partial charge in [-0.1, -0.05) is 33.3 Å². The van der Waals surface area contributed by atoms with Gasteiger partial charge in [-0.15, -0.1) is 0 Å². The first-order valence-corrected chi connectivity index (χ1v) is 7.61. The largest absolute Gasteiger partial charge is 0.493 e. The molecule has 0 aliphatic rings. The van der Waals surface area contributed by atoms with Crippen molar-refractivity contribution >= 4 is 0 Å². The number of nitrogens with one attached hydrogen (secondary N) is 1. The van der Waals surface area contributed by atoms with Crippen molar-refractivity contribution in [1.29, 1.82) is 0 Å². The fraction of sp³-hybridized carbons (Fsp3) is 0.647. The van der Waals surface area contributed by atoms with E-state index in [0.717, 1.165) is 37.4 Å². The summed E-state index contributed by atoms with van der Waals surface area (Å²) in [7, 11) is 1.68. The first-order valence-electron chi connectivity index (χ1n) is 7.61. The highest BCUT2D eigenvalue weighted by molar-refractivity contribution is 5.43. The van der Waals surface area contributed by atoms with Crippen molar-refractivity contribution in [2.24, 2.45) is 5.92 Å². The molecular formula is C17H29NO2. The molecule has 0 aromatic heterocycles. The zero-order valence-corrected chi connectivity index (χ0v) is 13.5. The van der Waals surface area contributed by atoms with E-state index in [1.807, 2.05) is 6.07 Å². The third kappa shape index (κ3) is 5.83. The Bertz CT molecular complexity index is 391. The van der Waals surface area contributed by atoms with Crippen molar-refractivity contribution in [3.05, 3.63) is 23.8 Å². The lowest BCUT2D eigenvalue weighted by molar-refractivity contribution is 0.200. The maximum Gasteiger partial charge on any atom is 0.161 e. The van der Waals surface area contributed by atoms with Gasteiger partial charge in [0.05, 0.1) is 13.2 Å². The Morgan fingerprint density at radius 1 is 1.15 bits per heavy atom. The van der Waals surface area contributed by atoms with Crippen LogP contribution in [-0.4, -0.2) is 19.8 Å². The average molecular weight is 279 g/mol. The Kier molecular flexibility index (Phi) is 7.45. The number of ether oxygens (including phenoxy) is 2. The molecule has 0 bridgehead atoms. The van der Waals surface area contributed by atoms with Gasteiger partial charge in [-0.3, -0.25) is 0 Å². The molecular weight excluding hydrogens is 250 g/mol. The third-order valence-corrected chi connectivity index (χ3v) is 3.13. The lowest BCUT2D eigenvalue weighted by Gasteiger charge is -2.17. The molecule has 0 saturated carbocycles. The van der Waals surface area contributed by atoms with Crippen LogP contribution in [-0.2, 0) is 6.54 Å². The number of hydrogen-bond donors (Lipinski definition) is 1. The zero-order valence-electron chi connectivity index (χ0n) is 13.5. The van der Waals surface area contributed by atoms with Gasteiger partial charge < -0.3 is 14.8 Å². The fourth-order valence-electron chi connectivity index (χ4n) is 2.11. The molecule has 3 heteroatoms. The molecule has 0 fully saturated rings. The van der Waals surface area contributed by atoms with Crippen LogP contribution in [0.1, 0.15) is 46.1 Å². The summed E-state index contributed by atoms with van der Waals surface area (Å²) in [6.07, 6.45) is 2.39. The monoisotopic (exact) mass is 279 g/mol. The van der Waals surface area contributed by atoms with E-state index in [2.05, 4.69) is 45.1 Å². The van der Waals surface area contributed by atoms with E-state index in [0.29, 0.717) is 5.92 Å². The Labute approximate surface area is 123 Å². The van der Waals surface area contributed by atoms with Gasteiger partial charge in [0.25, 0.3) is 0 Å². The summed E-state index contributed by atoms with van der Waals surface area (Å²) in [6.45, 7) is 10.6. The molecule has 0 radical (unpaired) electrons. The molecule has 114 valence electrons. The lowest BCUT2D eigenvalue weighted by atomic mass is 10.1. The van der Waals surface area contributed by atoms with E-state index < -0.39 is 0 Å². The van der Waals surface area contributed by atoms with Crippen LogP contribution < -0.4 is 14.8 Å². The Morgan fingerprint density at radius 3 is 2.50 bits per heavy atom. The highest BCUT2D eigenvalue weighted by Crippen LogP contribution is 2.29. The third-order valence-electron chi connectivity index (χ3n) is 3.13. The normalized spacial score (nSPS) is 12.5. The van der Waals surface area contributed by atoms with Crippen molar-refractivity contribution in [1.82, 2.24) is 5.32 Å². The number of methoxy groups -OCH3 is 1. The predicted octanol–water partition coefficient (Wildman–Crippen LogP) is 4.01. The number of hydrogen-bond acceptors (Lipinski definition) is 3. The maximum atomic E-state index is 5.99. The molecule has 0 saturated heterocycles. The summed E-state index contributed by atoms with van der Waals surface area (Å²) in [4.78, 5) is 0. The minimum atomic E-state index is 0.216. The highest BCUT2D eigenvalue weighted by Gasteiger charge is 2.09. The van der Waals surface area contributed by atoms with Gasteiger partial charge in [-0.05, 0) is 43.5 Å². The van der Waals surface area contributed by atoms with Crippen LogP contribution in [0.25, 0.3) is 0 Å². The van der Waals surface area contributed by atoms with Crippen LogP contribution in [0.15, 0.2) is 18.2 Å². The number of rotatable bonds is 9. The van der Waals surface area contributed by atoms with Gasteiger partial charge in [0.2, 0.25) is 0 Å². The number of benzene rings is 1. The molecule has 0 heterocycles. The SMILES string of the molecule is CCCC(C)Oc1cc(CNCC(C)C)ccc1OC. The van der Waals surface area contributed by atoms with Crippen molar-refractivity contribution < 1.29 is 9.47 Å². The molecule has 0 aliphatic carbocycles. The molecule has 1 unspecified atom stereocenters. The highest BCUT2D eigenvalue weighted by atomic mass is 16.5. The van der Waals surface area contributed by atoms with E-state index in [4.69, 9.17) is 9.47 Å². The van der Waals surface area contributed by atoms with Crippen LogP contribution in [0, 0.1) is 5.92 Å². The molecule has 3 nitrogen and oxygen atoms in total. The molecule has 1 N–H and O–H groups in total. The average Bonchev–Trinajstić information content (AvgIpc) is 2.39. The van der Waals surface area contributed by atoms with E-state index >= 15 is 0 Å². The molecule has 20 heavy (non-hydrogen) atoms. The predicted molar refractivity (Wildman–Crippen MR) is 84.5 cm³/mol. The lowest BCUT2D eigenvalue weighted by Crippen LogP contribution is -2.19. The smallest absolute Gasteiger partial charge is 0.161 e. The van der Waals surface area contributed by atoms with Crippen LogP contribution >= 0.6 is 0 Å². The Balaban J connectivity index is 2.69. The van der Waals surface area contributed by atoms with E-state index in [-0.39, 0.29) is 6.10 Å². The van der Waals surface area contributed by atoms with Crippen LogP contribution in [0.3, 0.4) is 0 Å². The first-order chi connectivity index (χ1) is 9.56.